The average Bonchev–Trinajstić information content (AvgIpc) is 2.40. The fraction of sp³-hybridized carbons (Fsp3) is 0.333. The number of Topliss-reactive ketones (excluding diaryl/α,β-unsaturated/α-hetero) is 1. The number of benzene rings is 1. The van der Waals surface area contributed by atoms with Crippen LogP contribution in [0.4, 0.5) is 0 Å². The molecule has 94 valence electrons. The highest BCUT2D eigenvalue weighted by Crippen LogP contribution is 1.92. The van der Waals surface area contributed by atoms with E-state index in [4.69, 9.17) is 0 Å². The highest BCUT2D eigenvalue weighted by molar-refractivity contribution is 6.24. The lowest BCUT2D eigenvalue weighted by Gasteiger charge is -1.85. The third kappa shape index (κ3) is 14.3. The van der Waals surface area contributed by atoms with Gasteiger partial charge in [-0.3, -0.25) is 9.59 Å². The Morgan fingerprint density at radius 3 is 2.06 bits per heavy atom. The van der Waals surface area contributed by atoms with Crippen LogP contribution in [0.3, 0.4) is 0 Å². The van der Waals surface area contributed by atoms with Crippen molar-refractivity contribution < 1.29 is 9.59 Å². The Balaban J connectivity index is 0. The second-order valence-electron chi connectivity index (χ2n) is 3.34. The monoisotopic (exact) mass is 234 g/mol. The van der Waals surface area contributed by atoms with E-state index >= 15 is 0 Å². The van der Waals surface area contributed by atoms with Crippen LogP contribution in [-0.2, 0) is 9.59 Å². The van der Waals surface area contributed by atoms with Crippen molar-refractivity contribution in [2.45, 2.75) is 33.1 Å². The van der Waals surface area contributed by atoms with Crippen molar-refractivity contribution >= 4 is 12.1 Å². The molecule has 0 amide bonds. The van der Waals surface area contributed by atoms with Crippen LogP contribution in [0.1, 0.15) is 31.7 Å². The van der Waals surface area contributed by atoms with Crippen molar-refractivity contribution in [2.75, 3.05) is 0 Å². The van der Waals surface area contributed by atoms with E-state index in [0.717, 1.165) is 12.8 Å². The number of rotatable bonds is 4. The van der Waals surface area contributed by atoms with Gasteiger partial charge in [0.25, 0.3) is 0 Å². The molecule has 0 saturated heterocycles. The molecule has 0 heterocycles. The zero-order chi connectivity index (χ0) is 13.5. The smallest absolute Gasteiger partial charge is 0.195 e. The minimum absolute atomic E-state index is 0.285. The van der Waals surface area contributed by atoms with Gasteiger partial charge in [0, 0.05) is 6.42 Å². The van der Waals surface area contributed by atoms with Crippen LogP contribution in [0.2, 0.25) is 0 Å². The molecule has 0 N–H and O–H groups in total. The zero-order valence-electron chi connectivity index (χ0n) is 10.8. The number of unbranched alkanes of at least 4 members (excludes halogenated alkanes) is 1. The van der Waals surface area contributed by atoms with Crippen molar-refractivity contribution in [3.05, 3.63) is 49.1 Å². The third-order valence-electron chi connectivity index (χ3n) is 1.85. The SMILES string of the molecule is C=C.CCCCC(=O)C=O.Cc1ccccc1. The molecule has 2 nitrogen and oxygen atoms in total. The van der Waals surface area contributed by atoms with Gasteiger partial charge in [0.1, 0.15) is 0 Å². The highest BCUT2D eigenvalue weighted by atomic mass is 16.2. The first kappa shape index (κ1) is 17.7. The summed E-state index contributed by atoms with van der Waals surface area (Å²) in [4.78, 5) is 19.9. The van der Waals surface area contributed by atoms with Gasteiger partial charge in [-0.2, -0.15) is 0 Å². The van der Waals surface area contributed by atoms with Crippen LogP contribution in [0, 0.1) is 6.92 Å². The molecule has 0 aliphatic rings. The van der Waals surface area contributed by atoms with E-state index in [1.54, 1.807) is 0 Å². The summed E-state index contributed by atoms with van der Waals surface area (Å²) in [6, 6.07) is 10.3. The standard InChI is InChI=1S/C7H8.C6H10O2.C2H4/c1-7-5-3-2-4-6-7;1-2-3-4-6(8)5-7;1-2/h2-6H,1H3;5H,2-4H2,1H3;1-2H2. The largest absolute Gasteiger partial charge is 0.295 e. The maximum atomic E-state index is 10.2. The Kier molecular flexibility index (Phi) is 14.9. The fourth-order valence-corrected chi connectivity index (χ4v) is 0.944. The lowest BCUT2D eigenvalue weighted by molar-refractivity contribution is -0.129. The fourth-order valence-electron chi connectivity index (χ4n) is 0.944. The quantitative estimate of drug-likeness (QED) is 0.452. The molecule has 1 aromatic rings. The van der Waals surface area contributed by atoms with E-state index in [1.165, 1.54) is 5.56 Å². The van der Waals surface area contributed by atoms with Crippen LogP contribution >= 0.6 is 0 Å². The molecule has 0 spiro atoms. The topological polar surface area (TPSA) is 34.1 Å². The molecule has 0 radical (unpaired) electrons. The number of aryl methyl sites for hydroxylation is 1. The van der Waals surface area contributed by atoms with Crippen molar-refractivity contribution in [1.29, 1.82) is 0 Å². The molecule has 0 atom stereocenters. The average molecular weight is 234 g/mol. The molecule has 0 fully saturated rings. The lowest BCUT2D eigenvalue weighted by atomic mass is 10.2. The minimum atomic E-state index is -0.285. The van der Waals surface area contributed by atoms with Crippen LogP contribution in [-0.4, -0.2) is 12.1 Å². The summed E-state index contributed by atoms with van der Waals surface area (Å²) >= 11 is 0. The van der Waals surface area contributed by atoms with Gasteiger partial charge < -0.3 is 0 Å². The highest BCUT2D eigenvalue weighted by Gasteiger charge is 1.94. The Morgan fingerprint density at radius 1 is 1.24 bits per heavy atom. The summed E-state index contributed by atoms with van der Waals surface area (Å²) in [5.41, 5.74) is 1.32. The molecule has 1 rings (SSSR count). The molecular weight excluding hydrogens is 212 g/mol. The van der Waals surface area contributed by atoms with Gasteiger partial charge in [-0.25, -0.2) is 0 Å². The first-order valence-corrected chi connectivity index (χ1v) is 5.70. The molecule has 0 aromatic heterocycles. The number of hydrogen-bond acceptors (Lipinski definition) is 2. The summed E-state index contributed by atoms with van der Waals surface area (Å²) in [5.74, 6) is -0.285. The number of carbonyl (C=O) groups excluding carboxylic acids is 2. The second-order valence-corrected chi connectivity index (χ2v) is 3.34. The van der Waals surface area contributed by atoms with Gasteiger partial charge in [-0.1, -0.05) is 49.2 Å². The van der Waals surface area contributed by atoms with Gasteiger partial charge >= 0.3 is 0 Å². The first-order valence-electron chi connectivity index (χ1n) is 5.70. The maximum Gasteiger partial charge on any atom is 0.195 e. The van der Waals surface area contributed by atoms with Gasteiger partial charge in [-0.15, -0.1) is 13.2 Å². The summed E-state index contributed by atoms with van der Waals surface area (Å²) in [6.07, 6.45) is 2.60. The van der Waals surface area contributed by atoms with E-state index in [1.807, 2.05) is 25.1 Å². The molecule has 2 heteroatoms. The van der Waals surface area contributed by atoms with Crippen LogP contribution in [0.5, 0.6) is 0 Å². The molecule has 0 aliphatic heterocycles. The molecule has 0 aliphatic carbocycles. The zero-order valence-corrected chi connectivity index (χ0v) is 10.8. The van der Waals surface area contributed by atoms with Crippen LogP contribution in [0.25, 0.3) is 0 Å². The first-order chi connectivity index (χ1) is 8.20. The Hall–Kier alpha value is -1.70. The number of ketones is 1. The number of carbonyl (C=O) groups is 2. The van der Waals surface area contributed by atoms with Crippen LogP contribution in [0.15, 0.2) is 43.5 Å². The van der Waals surface area contributed by atoms with Gasteiger partial charge in [-0.05, 0) is 13.3 Å². The van der Waals surface area contributed by atoms with Gasteiger partial charge in [0.15, 0.2) is 12.1 Å². The normalized spacial score (nSPS) is 7.88. The molecule has 0 bridgehead atoms. The van der Waals surface area contributed by atoms with Gasteiger partial charge in [0.05, 0.1) is 0 Å². The van der Waals surface area contributed by atoms with Gasteiger partial charge in [0.2, 0.25) is 0 Å². The number of hydrogen-bond donors (Lipinski definition) is 0. The molecule has 0 unspecified atom stereocenters. The summed E-state index contributed by atoms with van der Waals surface area (Å²) in [5, 5.41) is 0. The van der Waals surface area contributed by atoms with Crippen molar-refractivity contribution in [1.82, 2.24) is 0 Å². The second kappa shape index (κ2) is 14.3. The molecule has 17 heavy (non-hydrogen) atoms. The van der Waals surface area contributed by atoms with E-state index in [9.17, 15) is 9.59 Å². The Labute approximate surface area is 104 Å². The van der Waals surface area contributed by atoms with E-state index in [2.05, 4.69) is 32.2 Å². The van der Waals surface area contributed by atoms with E-state index in [0.29, 0.717) is 12.7 Å². The third-order valence-corrected chi connectivity index (χ3v) is 1.85. The molecule has 1 aromatic carbocycles. The van der Waals surface area contributed by atoms with E-state index in [-0.39, 0.29) is 5.78 Å². The molecular formula is C15H22O2. The van der Waals surface area contributed by atoms with Crippen molar-refractivity contribution in [2.24, 2.45) is 0 Å². The Morgan fingerprint density at radius 2 is 1.76 bits per heavy atom. The van der Waals surface area contributed by atoms with E-state index < -0.39 is 0 Å². The van der Waals surface area contributed by atoms with Crippen molar-refractivity contribution in [3.8, 4) is 0 Å². The maximum absolute atomic E-state index is 10.2. The van der Waals surface area contributed by atoms with Crippen molar-refractivity contribution in [3.63, 3.8) is 0 Å². The lowest BCUT2D eigenvalue weighted by Crippen LogP contribution is -1.96. The predicted octanol–water partition coefficient (Wildman–Crippen LogP) is 3.74. The molecule has 0 saturated carbocycles. The van der Waals surface area contributed by atoms with Crippen LogP contribution < -0.4 is 0 Å². The minimum Gasteiger partial charge on any atom is -0.295 e. The summed E-state index contributed by atoms with van der Waals surface area (Å²) in [6.45, 7) is 10.1. The summed E-state index contributed by atoms with van der Waals surface area (Å²) in [7, 11) is 0. The predicted molar refractivity (Wildman–Crippen MR) is 73.0 cm³/mol. The number of aldehydes is 1. The summed E-state index contributed by atoms with van der Waals surface area (Å²) < 4.78 is 0. The Bertz CT molecular complexity index is 291.